The number of nitro groups is 1. The molecule has 0 unspecified atom stereocenters. The maximum Gasteiger partial charge on any atom is 0.368 e. The Hall–Kier alpha value is -4.04. The number of aromatic nitrogens is 8. The number of nitrogens with two attached hydrogens (primary N) is 1. The Morgan fingerprint density at radius 3 is 2.09 bits per heavy atom. The zero-order chi connectivity index (χ0) is 24.4. The molecule has 0 aliphatic heterocycles. The van der Waals surface area contributed by atoms with Gasteiger partial charge in [0.05, 0.1) is 21.3 Å². The lowest BCUT2D eigenvalue weighted by atomic mass is 10.2. The molecular weight excluding hydrogens is 479 g/mol. The van der Waals surface area contributed by atoms with Crippen LogP contribution in [0.3, 0.4) is 0 Å². The topological polar surface area (TPSA) is 185 Å². The number of H-pyrrole nitrogens is 1. The highest BCUT2D eigenvalue weighted by Crippen LogP contribution is 2.27. The monoisotopic (exact) mass is 494 g/mol. The van der Waals surface area contributed by atoms with Crippen molar-refractivity contribution in [2.45, 2.75) is 13.8 Å². The maximum atomic E-state index is 11.7. The molecule has 16 heteroatoms. The molecule has 0 spiro atoms. The van der Waals surface area contributed by atoms with Gasteiger partial charge in [-0.2, -0.15) is 14.0 Å². The molecule has 0 aliphatic rings. The largest absolute Gasteiger partial charge is 0.399 e. The predicted octanol–water partition coefficient (Wildman–Crippen LogP) is 1.34. The number of hydrogen-bond acceptors (Lipinski definition) is 9. The second-order valence-electron chi connectivity index (χ2n) is 6.69. The highest BCUT2D eigenvalue weighted by molar-refractivity contribution is 6.32. The van der Waals surface area contributed by atoms with Crippen molar-refractivity contribution in [1.82, 2.24) is 40.0 Å². The molecule has 4 rings (SSSR count). The number of halogens is 2. The van der Waals surface area contributed by atoms with E-state index in [0.29, 0.717) is 22.0 Å². The minimum absolute atomic E-state index is 0.184. The zero-order valence-electron chi connectivity index (χ0n) is 17.4. The number of aromatic amines is 1. The van der Waals surface area contributed by atoms with Crippen molar-refractivity contribution in [3.05, 3.63) is 76.5 Å². The molecule has 0 amide bonds. The van der Waals surface area contributed by atoms with Crippen LogP contribution >= 0.6 is 23.2 Å². The molecule has 0 atom stereocenters. The molecule has 14 nitrogen and oxygen atoms in total. The van der Waals surface area contributed by atoms with Crippen LogP contribution in [0.2, 0.25) is 10.0 Å². The summed E-state index contributed by atoms with van der Waals surface area (Å²) in [6.07, 6.45) is 0. The van der Waals surface area contributed by atoms with E-state index in [1.54, 1.807) is 26.0 Å². The summed E-state index contributed by atoms with van der Waals surface area (Å²) in [5, 5.41) is 27.6. The Balaban J connectivity index is 0.000000186. The van der Waals surface area contributed by atoms with Crippen molar-refractivity contribution in [2.75, 3.05) is 5.73 Å². The third kappa shape index (κ3) is 4.75. The summed E-state index contributed by atoms with van der Waals surface area (Å²) < 4.78 is 3.21. The number of aryl methyl sites for hydroxylation is 1. The number of hydrogen-bond donors (Lipinski definition) is 2. The van der Waals surface area contributed by atoms with Gasteiger partial charge in [-0.1, -0.05) is 23.2 Å². The van der Waals surface area contributed by atoms with Crippen LogP contribution < -0.4 is 17.1 Å². The van der Waals surface area contributed by atoms with E-state index in [-0.39, 0.29) is 22.1 Å². The first-order valence-electron chi connectivity index (χ1n) is 9.01. The molecule has 0 saturated carbocycles. The Morgan fingerprint density at radius 2 is 1.58 bits per heavy atom. The molecule has 0 saturated heterocycles. The third-order valence-electron chi connectivity index (χ3n) is 4.50. The van der Waals surface area contributed by atoms with E-state index in [9.17, 15) is 19.7 Å². The molecule has 0 aliphatic carbocycles. The fourth-order valence-corrected chi connectivity index (χ4v) is 3.13. The van der Waals surface area contributed by atoms with Crippen molar-refractivity contribution in [1.29, 1.82) is 0 Å². The molecule has 4 aromatic rings. The molecule has 2 aromatic heterocycles. The minimum atomic E-state index is -0.597. The smallest absolute Gasteiger partial charge is 0.368 e. The van der Waals surface area contributed by atoms with Crippen LogP contribution in [0.15, 0.2) is 33.9 Å². The van der Waals surface area contributed by atoms with Gasteiger partial charge in [0.25, 0.3) is 5.69 Å². The summed E-state index contributed by atoms with van der Waals surface area (Å²) in [7, 11) is 1.52. The van der Waals surface area contributed by atoms with E-state index >= 15 is 0 Å². The van der Waals surface area contributed by atoms with Crippen molar-refractivity contribution in [3.63, 3.8) is 0 Å². The standard InChI is InChI=1S/C9H10ClN5O.C8H6ClN5O3/c1-5-7(10)3-6(11)4-8(5)15-9(16)14(2)12-13-15;1-4-6(9)2-5(14(16)17)3-7(4)13-8(15)10-11-12-13/h3-4H,11H2,1-2H3;2-3H,1H3,(H,10,12,15). The maximum absolute atomic E-state index is 11.7. The Morgan fingerprint density at radius 1 is 0.970 bits per heavy atom. The van der Waals surface area contributed by atoms with E-state index in [4.69, 9.17) is 28.9 Å². The summed E-state index contributed by atoms with van der Waals surface area (Å²) in [5.41, 5.74) is 7.00. The van der Waals surface area contributed by atoms with Gasteiger partial charge >= 0.3 is 11.4 Å². The first-order chi connectivity index (χ1) is 15.5. The number of anilines is 1. The van der Waals surface area contributed by atoms with Gasteiger partial charge in [0.15, 0.2) is 0 Å². The van der Waals surface area contributed by atoms with Crippen LogP contribution in [-0.4, -0.2) is 44.9 Å². The van der Waals surface area contributed by atoms with Gasteiger partial charge in [0.2, 0.25) is 0 Å². The fourth-order valence-electron chi connectivity index (χ4n) is 2.70. The predicted molar refractivity (Wildman–Crippen MR) is 119 cm³/mol. The second-order valence-corrected chi connectivity index (χ2v) is 7.51. The van der Waals surface area contributed by atoms with Crippen LogP contribution in [0.1, 0.15) is 11.1 Å². The van der Waals surface area contributed by atoms with Gasteiger partial charge in [0, 0.05) is 29.9 Å². The van der Waals surface area contributed by atoms with Crippen molar-refractivity contribution < 1.29 is 4.92 Å². The van der Waals surface area contributed by atoms with Crippen LogP contribution in [0.4, 0.5) is 11.4 Å². The van der Waals surface area contributed by atoms with Gasteiger partial charge in [-0.25, -0.2) is 14.7 Å². The van der Waals surface area contributed by atoms with E-state index in [0.717, 1.165) is 19.6 Å². The summed E-state index contributed by atoms with van der Waals surface area (Å²) >= 11 is 11.8. The van der Waals surface area contributed by atoms with Crippen molar-refractivity contribution in [2.24, 2.45) is 7.05 Å². The molecule has 0 bridgehead atoms. The Labute approximate surface area is 194 Å². The van der Waals surface area contributed by atoms with E-state index in [1.807, 2.05) is 0 Å². The number of nitrogen functional groups attached to an aromatic ring is 1. The van der Waals surface area contributed by atoms with Crippen LogP contribution in [0, 0.1) is 24.0 Å². The van der Waals surface area contributed by atoms with Gasteiger partial charge in [-0.3, -0.25) is 10.1 Å². The van der Waals surface area contributed by atoms with Gasteiger partial charge in [-0.15, -0.1) is 0 Å². The summed E-state index contributed by atoms with van der Waals surface area (Å²) in [4.78, 5) is 33.1. The Kier molecular flexibility index (Phi) is 6.60. The third-order valence-corrected chi connectivity index (χ3v) is 5.29. The molecular formula is C17H16Cl2N10O4. The van der Waals surface area contributed by atoms with Gasteiger partial charge in [-0.05, 0) is 58.0 Å². The molecule has 2 aromatic carbocycles. The van der Waals surface area contributed by atoms with E-state index in [2.05, 4.69) is 26.0 Å². The summed E-state index contributed by atoms with van der Waals surface area (Å²) in [5.74, 6) is 0. The summed E-state index contributed by atoms with van der Waals surface area (Å²) in [6.45, 7) is 3.42. The number of nitrogens with one attached hydrogen (secondary N) is 1. The van der Waals surface area contributed by atoms with Gasteiger partial charge < -0.3 is 5.73 Å². The fraction of sp³-hybridized carbons (Fsp3) is 0.176. The minimum Gasteiger partial charge on any atom is -0.399 e. The van der Waals surface area contributed by atoms with E-state index in [1.165, 1.54) is 19.2 Å². The van der Waals surface area contributed by atoms with Crippen molar-refractivity contribution in [3.8, 4) is 11.4 Å². The molecule has 3 N–H and O–H groups in total. The molecule has 0 fully saturated rings. The highest BCUT2D eigenvalue weighted by atomic mass is 35.5. The second kappa shape index (κ2) is 9.22. The lowest BCUT2D eigenvalue weighted by Gasteiger charge is -2.06. The number of nitro benzene ring substituents is 1. The first-order valence-corrected chi connectivity index (χ1v) is 9.77. The lowest BCUT2D eigenvalue weighted by Crippen LogP contribution is -2.22. The SMILES string of the molecule is Cc1c(Cl)cc(N)cc1-n1nnn(C)c1=O.Cc1c(Cl)cc([N+](=O)[O-])cc1-n1nn[nH]c1=O. The number of rotatable bonds is 3. The number of benzene rings is 2. The van der Waals surface area contributed by atoms with Crippen LogP contribution in [0.25, 0.3) is 11.4 Å². The molecule has 33 heavy (non-hydrogen) atoms. The zero-order valence-corrected chi connectivity index (χ0v) is 18.9. The quantitative estimate of drug-likeness (QED) is 0.240. The summed E-state index contributed by atoms with van der Waals surface area (Å²) in [6, 6.07) is 5.69. The average Bonchev–Trinajstić information content (AvgIpc) is 3.32. The number of non-ortho nitro benzene ring substituents is 1. The average molecular weight is 495 g/mol. The Bertz CT molecular complexity index is 1470. The van der Waals surface area contributed by atoms with Crippen molar-refractivity contribution >= 4 is 34.6 Å². The first kappa shape index (κ1) is 23.6. The lowest BCUT2D eigenvalue weighted by molar-refractivity contribution is -0.384. The normalized spacial score (nSPS) is 10.6. The molecule has 0 radical (unpaired) electrons. The molecule has 2 heterocycles. The van der Waals surface area contributed by atoms with Crippen LogP contribution in [-0.2, 0) is 7.05 Å². The van der Waals surface area contributed by atoms with Gasteiger partial charge in [0.1, 0.15) is 0 Å². The number of nitrogens with zero attached hydrogens (tertiary/aromatic N) is 8. The molecule has 172 valence electrons. The number of tetrazole rings is 2. The van der Waals surface area contributed by atoms with E-state index < -0.39 is 10.6 Å². The highest BCUT2D eigenvalue weighted by Gasteiger charge is 2.16. The van der Waals surface area contributed by atoms with Crippen LogP contribution in [0.5, 0.6) is 0 Å².